The molecule has 0 unspecified atom stereocenters. The number of rotatable bonds is 4. The van der Waals surface area contributed by atoms with E-state index in [1.807, 2.05) is 85.1 Å². The van der Waals surface area contributed by atoms with Crippen LogP contribution in [0, 0.1) is 6.92 Å². The fourth-order valence-corrected chi connectivity index (χ4v) is 7.12. The summed E-state index contributed by atoms with van der Waals surface area (Å²) in [6.07, 6.45) is 1.92. The molecular weight excluding hydrogens is 458 g/mol. The Morgan fingerprint density at radius 2 is 1.72 bits per heavy atom. The summed E-state index contributed by atoms with van der Waals surface area (Å²) in [6.45, 7) is 3.53. The van der Waals surface area contributed by atoms with E-state index < -0.39 is 4.33 Å². The molecule has 8 heteroatoms. The Labute approximate surface area is 198 Å². The molecule has 1 amide bonds. The van der Waals surface area contributed by atoms with Crippen LogP contribution in [0.5, 0.6) is 0 Å². The molecule has 0 N–H and O–H groups in total. The number of hydrogen-bond acceptors (Lipinski definition) is 7. The van der Waals surface area contributed by atoms with Crippen LogP contribution in [0.1, 0.15) is 17.4 Å². The van der Waals surface area contributed by atoms with E-state index in [1.54, 1.807) is 21.2 Å². The molecule has 2 aliphatic heterocycles. The number of benzene rings is 2. The van der Waals surface area contributed by atoms with Crippen molar-refractivity contribution in [2.75, 3.05) is 9.91 Å². The quantitative estimate of drug-likeness (QED) is 0.435. The first-order valence-electron chi connectivity index (χ1n) is 9.97. The first-order valence-corrected chi connectivity index (χ1v) is 12.5. The Balaban J connectivity index is 1.69. The average molecular weight is 478 g/mol. The zero-order valence-corrected chi connectivity index (χ0v) is 19.8. The second kappa shape index (κ2) is 8.27. The maximum Gasteiger partial charge on any atom is 0.268 e. The summed E-state index contributed by atoms with van der Waals surface area (Å²) in [5.41, 5.74) is 2.70. The number of hydrazone groups is 1. The zero-order valence-electron chi connectivity index (χ0n) is 17.4. The van der Waals surface area contributed by atoms with Gasteiger partial charge in [-0.15, -0.1) is 11.3 Å². The SMILES string of the molecule is CC(=O)C1=NN(c2ccc(C)cc2)[C@@]2(S1)S/C(=C\c1cccs1)C(=O)N2c1ccccc1. The fourth-order valence-electron chi connectivity index (χ4n) is 3.52. The van der Waals surface area contributed by atoms with Gasteiger partial charge in [0, 0.05) is 17.5 Å². The minimum atomic E-state index is -0.974. The predicted octanol–water partition coefficient (Wildman–Crippen LogP) is 5.94. The molecule has 1 spiro atoms. The lowest BCUT2D eigenvalue weighted by Crippen LogP contribution is -2.51. The van der Waals surface area contributed by atoms with Crippen LogP contribution in [0.2, 0.25) is 0 Å². The van der Waals surface area contributed by atoms with Gasteiger partial charge in [0.15, 0.2) is 10.8 Å². The molecule has 1 saturated heterocycles. The standard InChI is InChI=1S/C24H19N3O2S3/c1-16-10-12-19(13-11-16)27-24(32-22(25-27)17(2)28)26(18-7-4-3-5-8-18)23(29)21(31-24)15-20-9-6-14-30-20/h3-15H,1-2H3/b21-15-/t24-/m1/s1. The molecule has 0 radical (unpaired) electrons. The van der Waals surface area contributed by atoms with Crippen LogP contribution >= 0.6 is 34.9 Å². The van der Waals surface area contributed by atoms with Gasteiger partial charge in [-0.1, -0.05) is 53.7 Å². The first-order chi connectivity index (χ1) is 15.5. The van der Waals surface area contributed by atoms with Gasteiger partial charge in [-0.3, -0.25) is 14.5 Å². The highest BCUT2D eigenvalue weighted by atomic mass is 32.2. The number of aryl methyl sites for hydroxylation is 1. The normalized spacial score (nSPS) is 21.6. The third kappa shape index (κ3) is 3.58. The molecule has 1 atom stereocenters. The predicted molar refractivity (Wildman–Crippen MR) is 136 cm³/mol. The molecule has 1 fully saturated rings. The van der Waals surface area contributed by atoms with Crippen molar-refractivity contribution in [2.24, 2.45) is 5.10 Å². The van der Waals surface area contributed by atoms with Gasteiger partial charge in [0.1, 0.15) is 0 Å². The van der Waals surface area contributed by atoms with Gasteiger partial charge in [0.05, 0.1) is 10.6 Å². The first kappa shape index (κ1) is 21.1. The third-order valence-corrected chi connectivity index (χ3v) is 8.68. The maximum atomic E-state index is 13.8. The number of hydrogen-bond donors (Lipinski definition) is 0. The molecule has 5 rings (SSSR count). The Bertz CT molecular complexity index is 1240. The molecule has 0 saturated carbocycles. The van der Waals surface area contributed by atoms with Gasteiger partial charge in [0.2, 0.25) is 4.33 Å². The van der Waals surface area contributed by atoms with Crippen molar-refractivity contribution in [3.63, 3.8) is 0 Å². The van der Waals surface area contributed by atoms with Gasteiger partial charge in [-0.2, -0.15) is 5.10 Å². The van der Waals surface area contributed by atoms with E-state index in [1.165, 1.54) is 30.4 Å². The molecule has 32 heavy (non-hydrogen) atoms. The molecule has 2 aliphatic rings. The molecule has 2 aromatic carbocycles. The lowest BCUT2D eigenvalue weighted by Gasteiger charge is -2.38. The highest BCUT2D eigenvalue weighted by molar-refractivity contribution is 8.29. The largest absolute Gasteiger partial charge is 0.292 e. The van der Waals surface area contributed by atoms with Crippen LogP contribution in [0.4, 0.5) is 11.4 Å². The monoisotopic (exact) mass is 477 g/mol. The lowest BCUT2D eigenvalue weighted by atomic mass is 10.2. The minimum Gasteiger partial charge on any atom is -0.292 e. The average Bonchev–Trinajstić information content (AvgIpc) is 3.49. The molecule has 3 heterocycles. The number of carbonyl (C=O) groups is 2. The van der Waals surface area contributed by atoms with E-state index in [9.17, 15) is 9.59 Å². The van der Waals surface area contributed by atoms with Crippen molar-refractivity contribution in [1.29, 1.82) is 0 Å². The van der Waals surface area contributed by atoms with Crippen LogP contribution in [0.15, 0.2) is 82.1 Å². The Morgan fingerprint density at radius 3 is 2.38 bits per heavy atom. The fraction of sp³-hybridized carbons (Fsp3) is 0.125. The number of para-hydroxylation sites is 1. The summed E-state index contributed by atoms with van der Waals surface area (Å²) in [7, 11) is 0. The molecule has 0 bridgehead atoms. The molecule has 3 aromatic rings. The Hall–Kier alpha value is -2.81. The van der Waals surface area contributed by atoms with Crippen LogP contribution in [-0.4, -0.2) is 21.1 Å². The molecular formula is C24H19N3O2S3. The van der Waals surface area contributed by atoms with E-state index in [4.69, 9.17) is 0 Å². The van der Waals surface area contributed by atoms with E-state index in [2.05, 4.69) is 5.10 Å². The summed E-state index contributed by atoms with van der Waals surface area (Å²) in [5, 5.41) is 8.86. The highest BCUT2D eigenvalue weighted by Crippen LogP contribution is 2.59. The molecule has 160 valence electrons. The van der Waals surface area contributed by atoms with E-state index >= 15 is 0 Å². The van der Waals surface area contributed by atoms with Gasteiger partial charge >= 0.3 is 0 Å². The van der Waals surface area contributed by atoms with Gasteiger partial charge < -0.3 is 0 Å². The van der Waals surface area contributed by atoms with Crippen LogP contribution in [-0.2, 0) is 9.59 Å². The van der Waals surface area contributed by atoms with Crippen molar-refractivity contribution >= 4 is 69.0 Å². The maximum absolute atomic E-state index is 13.8. The number of Topliss-reactive ketones (excluding diaryl/α,β-unsaturated/α-hetero) is 1. The summed E-state index contributed by atoms with van der Waals surface area (Å²) in [5.74, 6) is -0.236. The van der Waals surface area contributed by atoms with E-state index in [-0.39, 0.29) is 11.7 Å². The van der Waals surface area contributed by atoms with Crippen LogP contribution in [0.3, 0.4) is 0 Å². The van der Waals surface area contributed by atoms with Crippen molar-refractivity contribution in [2.45, 2.75) is 18.2 Å². The van der Waals surface area contributed by atoms with Crippen molar-refractivity contribution < 1.29 is 9.59 Å². The van der Waals surface area contributed by atoms with E-state index in [0.29, 0.717) is 9.95 Å². The number of amides is 1. The highest BCUT2D eigenvalue weighted by Gasteiger charge is 2.59. The zero-order chi connectivity index (χ0) is 22.3. The minimum absolute atomic E-state index is 0.112. The van der Waals surface area contributed by atoms with Gasteiger partial charge in [-0.25, -0.2) is 5.01 Å². The summed E-state index contributed by atoms with van der Waals surface area (Å²) >= 11 is 4.32. The van der Waals surface area contributed by atoms with Crippen LogP contribution < -0.4 is 9.91 Å². The Morgan fingerprint density at radius 1 is 0.969 bits per heavy atom. The number of thioether (sulfide) groups is 2. The van der Waals surface area contributed by atoms with Crippen molar-refractivity contribution in [3.8, 4) is 0 Å². The third-order valence-electron chi connectivity index (χ3n) is 5.04. The number of ketones is 1. The van der Waals surface area contributed by atoms with Gasteiger partial charge in [-0.05, 0) is 60.5 Å². The second-order valence-corrected chi connectivity index (χ2v) is 11.0. The summed E-state index contributed by atoms with van der Waals surface area (Å²) < 4.78 is -0.974. The smallest absolute Gasteiger partial charge is 0.268 e. The number of carbonyl (C=O) groups excluding carboxylic acids is 2. The molecule has 5 nitrogen and oxygen atoms in total. The van der Waals surface area contributed by atoms with Crippen LogP contribution in [0.25, 0.3) is 6.08 Å². The van der Waals surface area contributed by atoms with Crippen molar-refractivity contribution in [3.05, 3.63) is 87.5 Å². The lowest BCUT2D eigenvalue weighted by molar-refractivity contribution is -0.114. The van der Waals surface area contributed by atoms with Gasteiger partial charge in [0.25, 0.3) is 5.91 Å². The summed E-state index contributed by atoms with van der Waals surface area (Å²) in [6, 6.07) is 21.5. The molecule has 1 aromatic heterocycles. The number of nitrogens with zero attached hydrogens (tertiary/aromatic N) is 3. The topological polar surface area (TPSA) is 53.0 Å². The Kier molecular flexibility index (Phi) is 5.44. The second-order valence-electron chi connectivity index (χ2n) is 7.36. The number of anilines is 2. The van der Waals surface area contributed by atoms with E-state index in [0.717, 1.165) is 21.8 Å². The van der Waals surface area contributed by atoms with Crippen molar-refractivity contribution in [1.82, 2.24) is 0 Å². The number of thiophene rings is 1. The molecule has 0 aliphatic carbocycles. The summed E-state index contributed by atoms with van der Waals surface area (Å²) in [4.78, 5) is 29.5.